The first-order valence-corrected chi connectivity index (χ1v) is 12.6. The molecule has 0 aromatic heterocycles. The van der Waals surface area contributed by atoms with Gasteiger partial charge in [0.25, 0.3) is 0 Å². The highest BCUT2D eigenvalue weighted by molar-refractivity contribution is 7.47. The zero-order valence-electron chi connectivity index (χ0n) is 13.0. The third kappa shape index (κ3) is 8.62. The molecular weight excluding hydrogens is 484 g/mol. The Morgan fingerprint density at radius 2 is 0.607 bits per heavy atom. The molecule has 168 valence electrons. The van der Waals surface area contributed by atoms with Gasteiger partial charge in [-0.05, 0) is 0 Å². The summed E-state index contributed by atoms with van der Waals surface area (Å²) in [5.41, 5.74) is 0. The van der Waals surface area contributed by atoms with Crippen LogP contribution in [0.5, 0.6) is 0 Å². The fourth-order valence-corrected chi connectivity index (χ4v) is 4.51. The molecule has 6 atom stereocenters. The van der Waals surface area contributed by atoms with E-state index >= 15 is 0 Å². The molecule has 0 aliphatic heterocycles. The van der Waals surface area contributed by atoms with Crippen LogP contribution >= 0.6 is 31.3 Å². The van der Waals surface area contributed by atoms with Crippen LogP contribution in [0.15, 0.2) is 0 Å². The molecule has 1 fully saturated rings. The SMILES string of the molecule is O=P(O)(O)O[C@@H]1[C@H](OP(=O)(O)O)[C@H](OP(=O)(O)O)[C@@H](O)[C@H](O)[C@H]1OP(=O)(O)O. The van der Waals surface area contributed by atoms with E-state index in [1.165, 1.54) is 0 Å². The first-order chi connectivity index (χ1) is 12.2. The van der Waals surface area contributed by atoms with Gasteiger partial charge in [-0.15, -0.1) is 0 Å². The fraction of sp³-hybridized carbons (Fsp3) is 1.00. The van der Waals surface area contributed by atoms with Crippen LogP contribution in [0.2, 0.25) is 0 Å². The molecule has 0 unspecified atom stereocenters. The lowest BCUT2D eigenvalue weighted by atomic mass is 9.85. The van der Waals surface area contributed by atoms with Crippen LogP contribution in [0, 0.1) is 0 Å². The molecule has 0 aromatic rings. The molecule has 0 bridgehead atoms. The van der Waals surface area contributed by atoms with Crippen molar-refractivity contribution in [2.45, 2.75) is 36.6 Å². The quantitative estimate of drug-likeness (QED) is 0.145. The second-order valence-corrected chi connectivity index (χ2v) is 9.99. The average Bonchev–Trinajstić information content (AvgIpc) is 2.39. The van der Waals surface area contributed by atoms with Crippen molar-refractivity contribution in [3.8, 4) is 0 Å². The number of rotatable bonds is 8. The van der Waals surface area contributed by atoms with Gasteiger partial charge < -0.3 is 49.4 Å². The van der Waals surface area contributed by atoms with E-state index in [-0.39, 0.29) is 0 Å². The molecule has 0 spiro atoms. The van der Waals surface area contributed by atoms with Gasteiger partial charge in [0.2, 0.25) is 0 Å². The first kappa shape index (κ1) is 26.4. The number of phosphoric acid groups is 4. The maximum absolute atomic E-state index is 11.1. The number of hydrogen-bond donors (Lipinski definition) is 10. The highest BCUT2D eigenvalue weighted by Gasteiger charge is 2.58. The molecule has 0 saturated heterocycles. The van der Waals surface area contributed by atoms with Crippen molar-refractivity contribution in [1.29, 1.82) is 0 Å². The Morgan fingerprint density at radius 1 is 0.429 bits per heavy atom. The van der Waals surface area contributed by atoms with Crippen LogP contribution in [-0.2, 0) is 36.4 Å². The van der Waals surface area contributed by atoms with E-state index in [1.54, 1.807) is 0 Å². The molecule has 0 aromatic carbocycles. The minimum atomic E-state index is -5.67. The van der Waals surface area contributed by atoms with Gasteiger partial charge in [0.05, 0.1) is 0 Å². The fourth-order valence-electron chi connectivity index (χ4n) is 2.27. The minimum Gasteiger partial charge on any atom is -0.387 e. The van der Waals surface area contributed by atoms with Gasteiger partial charge in [0, 0.05) is 0 Å². The molecule has 1 aliphatic carbocycles. The molecule has 10 N–H and O–H groups in total. The van der Waals surface area contributed by atoms with Crippen molar-refractivity contribution in [2.24, 2.45) is 0 Å². The van der Waals surface area contributed by atoms with Crippen LogP contribution in [-0.4, -0.2) is 86.0 Å². The van der Waals surface area contributed by atoms with E-state index in [1.807, 2.05) is 0 Å². The van der Waals surface area contributed by atoms with Crippen molar-refractivity contribution >= 4 is 31.3 Å². The Labute approximate surface area is 154 Å². The Hall–Kier alpha value is 0.360. The van der Waals surface area contributed by atoms with Crippen LogP contribution in [0.4, 0.5) is 0 Å². The molecule has 18 nitrogen and oxygen atoms in total. The summed E-state index contributed by atoms with van der Waals surface area (Å²) >= 11 is 0. The van der Waals surface area contributed by atoms with Gasteiger partial charge in [-0.2, -0.15) is 0 Å². The summed E-state index contributed by atoms with van der Waals surface area (Å²) in [6.07, 6.45) is -15.9. The molecule has 28 heavy (non-hydrogen) atoms. The van der Waals surface area contributed by atoms with Gasteiger partial charge in [0.15, 0.2) is 0 Å². The topological polar surface area (TPSA) is 308 Å². The average molecular weight is 500 g/mol. The van der Waals surface area contributed by atoms with E-state index in [0.29, 0.717) is 0 Å². The Bertz CT molecular complexity index is 664. The van der Waals surface area contributed by atoms with Crippen molar-refractivity contribution in [2.75, 3.05) is 0 Å². The summed E-state index contributed by atoms with van der Waals surface area (Å²) in [5.74, 6) is 0. The van der Waals surface area contributed by atoms with E-state index in [2.05, 4.69) is 18.1 Å². The number of hydrogen-bond acceptors (Lipinski definition) is 10. The Morgan fingerprint density at radius 3 is 0.786 bits per heavy atom. The zero-order valence-corrected chi connectivity index (χ0v) is 16.6. The van der Waals surface area contributed by atoms with Gasteiger partial charge in [0.1, 0.15) is 36.6 Å². The van der Waals surface area contributed by atoms with Crippen molar-refractivity contribution in [3.63, 3.8) is 0 Å². The van der Waals surface area contributed by atoms with E-state index in [9.17, 15) is 28.5 Å². The predicted octanol–water partition coefficient (Wildman–Crippen LogP) is -3.37. The van der Waals surface area contributed by atoms with E-state index in [0.717, 1.165) is 0 Å². The second-order valence-electron chi connectivity index (χ2n) is 5.22. The van der Waals surface area contributed by atoms with Crippen molar-refractivity contribution in [3.05, 3.63) is 0 Å². The number of phosphoric ester groups is 4. The maximum Gasteiger partial charge on any atom is 0.470 e. The minimum absolute atomic E-state index is 2.60. The summed E-state index contributed by atoms with van der Waals surface area (Å²) in [7, 11) is -22.5. The molecule has 1 rings (SSSR count). The summed E-state index contributed by atoms with van der Waals surface area (Å²) in [4.78, 5) is 71.1. The van der Waals surface area contributed by atoms with Gasteiger partial charge in [-0.1, -0.05) is 0 Å². The van der Waals surface area contributed by atoms with Crippen molar-refractivity contribution in [1.82, 2.24) is 0 Å². The summed E-state index contributed by atoms with van der Waals surface area (Å²) in [5, 5.41) is 19.8. The van der Waals surface area contributed by atoms with Crippen molar-refractivity contribution < 1.29 is 85.7 Å². The lowest BCUT2D eigenvalue weighted by Gasteiger charge is -2.45. The molecule has 0 heterocycles. The third-order valence-electron chi connectivity index (χ3n) is 3.03. The summed E-state index contributed by atoms with van der Waals surface area (Å²) in [6, 6.07) is 0. The molecular formula is C6H16O18P4. The number of aliphatic hydroxyl groups excluding tert-OH is 2. The van der Waals surface area contributed by atoms with E-state index < -0.39 is 67.9 Å². The van der Waals surface area contributed by atoms with Crippen LogP contribution in [0.25, 0.3) is 0 Å². The molecule has 0 radical (unpaired) electrons. The summed E-state index contributed by atoms with van der Waals surface area (Å²) < 4.78 is 60.6. The second kappa shape index (κ2) is 8.85. The Balaban J connectivity index is 3.53. The van der Waals surface area contributed by atoms with Crippen LogP contribution < -0.4 is 0 Å². The number of aliphatic hydroxyl groups is 2. The third-order valence-corrected chi connectivity index (χ3v) is 5.10. The van der Waals surface area contributed by atoms with Gasteiger partial charge >= 0.3 is 31.3 Å². The normalized spacial score (nSPS) is 33.1. The standard InChI is InChI=1S/C6H16O18P4/c7-1-2(8)4(22-26(12,13)14)6(24-28(18,19)20)5(23-27(15,16)17)3(1)21-25(9,10)11/h1-8H,(H2,9,10,11)(H2,12,13,14)(H2,15,16,17)(H2,18,19,20)/t1-,2-,3+,4+,5-,6+/m0/s1. The van der Waals surface area contributed by atoms with Gasteiger partial charge in [-0.25, -0.2) is 18.3 Å². The maximum atomic E-state index is 11.1. The predicted molar refractivity (Wildman–Crippen MR) is 79.7 cm³/mol. The van der Waals surface area contributed by atoms with Gasteiger partial charge in [-0.3, -0.25) is 18.1 Å². The zero-order chi connectivity index (χ0) is 22.3. The largest absolute Gasteiger partial charge is 0.470 e. The molecule has 1 aliphatic rings. The van der Waals surface area contributed by atoms with Crippen LogP contribution in [0.1, 0.15) is 0 Å². The highest BCUT2D eigenvalue weighted by Crippen LogP contribution is 2.52. The molecule has 0 amide bonds. The lowest BCUT2D eigenvalue weighted by Crippen LogP contribution is -2.65. The van der Waals surface area contributed by atoms with E-state index in [4.69, 9.17) is 39.1 Å². The molecule has 1 saturated carbocycles. The smallest absolute Gasteiger partial charge is 0.387 e. The monoisotopic (exact) mass is 500 g/mol. The Kier molecular flexibility index (Phi) is 8.34. The highest BCUT2D eigenvalue weighted by atomic mass is 31.2. The lowest BCUT2D eigenvalue weighted by molar-refractivity contribution is -0.209. The molecule has 22 heteroatoms. The van der Waals surface area contributed by atoms with Crippen LogP contribution in [0.3, 0.4) is 0 Å². The first-order valence-electron chi connectivity index (χ1n) is 6.52. The summed E-state index contributed by atoms with van der Waals surface area (Å²) in [6.45, 7) is 0.